The molecule has 9 heteroatoms. The van der Waals surface area contributed by atoms with E-state index in [4.69, 9.17) is 15.2 Å². The van der Waals surface area contributed by atoms with Crippen LogP contribution in [-0.4, -0.2) is 40.1 Å². The monoisotopic (exact) mass is 629 g/mol. The maximum atomic E-state index is 13.5. The maximum absolute atomic E-state index is 13.5. The number of imidazole rings is 1. The van der Waals surface area contributed by atoms with Crippen molar-refractivity contribution in [3.8, 4) is 28.3 Å². The number of amides is 2. The Kier molecular flexibility index (Phi) is 9.64. The highest BCUT2D eigenvalue weighted by Crippen LogP contribution is 2.35. The molecule has 9 nitrogen and oxygen atoms in total. The quantitative estimate of drug-likeness (QED) is 0.161. The number of carbonyl (C=O) groups is 2. The van der Waals surface area contributed by atoms with Crippen molar-refractivity contribution in [2.24, 2.45) is 5.73 Å². The van der Waals surface area contributed by atoms with Gasteiger partial charge < -0.3 is 30.4 Å². The molecule has 6 rings (SSSR count). The second kappa shape index (κ2) is 14.3. The van der Waals surface area contributed by atoms with E-state index in [2.05, 4.69) is 56.6 Å². The number of hydrogen-bond acceptors (Lipinski definition) is 6. The molecule has 0 fully saturated rings. The van der Waals surface area contributed by atoms with Crippen LogP contribution < -0.4 is 25.8 Å². The van der Waals surface area contributed by atoms with Gasteiger partial charge in [0.2, 0.25) is 5.91 Å². The Hall–Kier alpha value is -5.41. The maximum Gasteiger partial charge on any atom is 0.255 e. The third kappa shape index (κ3) is 7.53. The SMILES string of the molecule is CC(C)Oc1ccc(C[C@H](NC(=O)c2cccc3c2OCCC3NCc2cncn2-c2ccc(-c3ccccc3)cc2)C(N)=O)cc1. The number of nitrogens with two attached hydrogens (primary N) is 1. The molecule has 0 spiro atoms. The lowest BCUT2D eigenvalue weighted by Crippen LogP contribution is -2.46. The second-order valence-corrected chi connectivity index (χ2v) is 11.9. The van der Waals surface area contributed by atoms with E-state index in [0.717, 1.165) is 40.2 Å². The predicted octanol–water partition coefficient (Wildman–Crippen LogP) is 5.77. The lowest BCUT2D eigenvalue weighted by molar-refractivity contribution is -0.119. The number of nitrogens with zero attached hydrogens (tertiary/aromatic N) is 2. The van der Waals surface area contributed by atoms with Crippen LogP contribution in [0.4, 0.5) is 0 Å². The summed E-state index contributed by atoms with van der Waals surface area (Å²) >= 11 is 0. The molecular formula is C38H39N5O4. The minimum absolute atomic E-state index is 0.0474. The fourth-order valence-corrected chi connectivity index (χ4v) is 5.84. The number of para-hydroxylation sites is 1. The first-order chi connectivity index (χ1) is 22.9. The normalized spacial score (nSPS) is 14.6. The van der Waals surface area contributed by atoms with E-state index in [1.165, 1.54) is 5.56 Å². The molecule has 47 heavy (non-hydrogen) atoms. The number of fused-ring (bicyclic) bond motifs is 1. The first-order valence-electron chi connectivity index (χ1n) is 15.9. The van der Waals surface area contributed by atoms with Crippen LogP contribution in [0.1, 0.15) is 53.5 Å². The highest BCUT2D eigenvalue weighted by Gasteiger charge is 2.28. The summed E-state index contributed by atoms with van der Waals surface area (Å²) in [6.07, 6.45) is 4.72. The largest absolute Gasteiger partial charge is 0.492 e. The zero-order valence-corrected chi connectivity index (χ0v) is 26.6. The zero-order valence-electron chi connectivity index (χ0n) is 26.6. The highest BCUT2D eigenvalue weighted by molar-refractivity contribution is 6.00. The topological polar surface area (TPSA) is 120 Å². The van der Waals surface area contributed by atoms with Gasteiger partial charge in [-0.15, -0.1) is 0 Å². The molecule has 0 saturated heterocycles. The van der Waals surface area contributed by atoms with Gasteiger partial charge in [0.1, 0.15) is 17.5 Å². The van der Waals surface area contributed by atoms with Crippen molar-refractivity contribution in [2.45, 2.75) is 51.4 Å². The highest BCUT2D eigenvalue weighted by atomic mass is 16.5. The molecule has 0 aliphatic carbocycles. The Labute approximate surface area is 274 Å². The average Bonchev–Trinajstić information content (AvgIpc) is 3.56. The van der Waals surface area contributed by atoms with E-state index in [1.54, 1.807) is 6.07 Å². The minimum Gasteiger partial charge on any atom is -0.492 e. The Bertz CT molecular complexity index is 1820. The van der Waals surface area contributed by atoms with Crippen LogP contribution in [0.5, 0.6) is 11.5 Å². The molecular weight excluding hydrogens is 590 g/mol. The third-order valence-corrected chi connectivity index (χ3v) is 8.20. The molecule has 0 radical (unpaired) electrons. The van der Waals surface area contributed by atoms with Crippen LogP contribution in [0.3, 0.4) is 0 Å². The van der Waals surface area contributed by atoms with Crippen LogP contribution in [-0.2, 0) is 17.8 Å². The van der Waals surface area contributed by atoms with E-state index in [1.807, 2.05) is 81.0 Å². The van der Waals surface area contributed by atoms with Gasteiger partial charge in [-0.25, -0.2) is 4.98 Å². The number of aromatic nitrogens is 2. The molecule has 4 aromatic carbocycles. The van der Waals surface area contributed by atoms with Gasteiger partial charge in [-0.1, -0.05) is 66.7 Å². The molecule has 4 N–H and O–H groups in total. The second-order valence-electron chi connectivity index (χ2n) is 11.9. The number of nitrogens with one attached hydrogen (secondary N) is 2. The molecule has 1 aliphatic rings. The van der Waals surface area contributed by atoms with Crippen molar-refractivity contribution in [2.75, 3.05) is 6.61 Å². The molecule has 1 unspecified atom stereocenters. The van der Waals surface area contributed by atoms with Gasteiger partial charge >= 0.3 is 0 Å². The molecule has 240 valence electrons. The summed E-state index contributed by atoms with van der Waals surface area (Å²) in [6, 6.07) is 30.7. The Morgan fingerprint density at radius 1 is 0.957 bits per heavy atom. The number of rotatable bonds is 12. The Balaban J connectivity index is 1.13. The summed E-state index contributed by atoms with van der Waals surface area (Å²) in [6.45, 7) is 4.92. The molecule has 5 aromatic rings. The molecule has 1 aliphatic heterocycles. The summed E-state index contributed by atoms with van der Waals surface area (Å²) in [4.78, 5) is 30.3. The van der Waals surface area contributed by atoms with E-state index in [9.17, 15) is 9.59 Å². The van der Waals surface area contributed by atoms with E-state index >= 15 is 0 Å². The van der Waals surface area contributed by atoms with Crippen molar-refractivity contribution in [1.29, 1.82) is 0 Å². The third-order valence-electron chi connectivity index (χ3n) is 8.20. The smallest absolute Gasteiger partial charge is 0.255 e. The van der Waals surface area contributed by atoms with Crippen molar-refractivity contribution >= 4 is 11.8 Å². The molecule has 2 amide bonds. The summed E-state index contributed by atoms with van der Waals surface area (Å²) in [7, 11) is 0. The number of carbonyl (C=O) groups excluding carboxylic acids is 2. The van der Waals surface area contributed by atoms with E-state index in [0.29, 0.717) is 24.5 Å². The van der Waals surface area contributed by atoms with Crippen LogP contribution in [0, 0.1) is 0 Å². The number of ether oxygens (including phenoxy) is 2. The molecule has 1 aromatic heterocycles. The number of hydrogen-bond donors (Lipinski definition) is 3. The minimum atomic E-state index is -0.894. The first-order valence-corrected chi connectivity index (χ1v) is 15.9. The predicted molar refractivity (Wildman–Crippen MR) is 181 cm³/mol. The number of primary amides is 1. The fraction of sp³-hybridized carbons (Fsp3) is 0.237. The fourth-order valence-electron chi connectivity index (χ4n) is 5.84. The van der Waals surface area contributed by atoms with Crippen LogP contribution in [0.2, 0.25) is 0 Å². The Morgan fingerprint density at radius 2 is 1.70 bits per heavy atom. The van der Waals surface area contributed by atoms with E-state index in [-0.39, 0.29) is 18.6 Å². The van der Waals surface area contributed by atoms with Crippen molar-refractivity contribution < 1.29 is 19.1 Å². The molecule has 2 heterocycles. The summed E-state index contributed by atoms with van der Waals surface area (Å²) in [5, 5.41) is 6.48. The van der Waals surface area contributed by atoms with Crippen molar-refractivity contribution in [3.63, 3.8) is 0 Å². The Morgan fingerprint density at radius 3 is 2.43 bits per heavy atom. The standard InChI is InChI=1S/C38H39N5O4/c1-25(2)47-31-17-11-26(12-18-31)21-35(37(39)44)42-38(45)33-10-6-9-32-34(19-20-46-36(32)33)41-23-30-22-40-24-43(30)29-15-13-28(14-16-29)27-7-4-3-5-8-27/h3-18,22,24-25,34-35,41H,19-21,23H2,1-2H3,(H2,39,44)(H,42,45)/t34?,35-/m0/s1. The molecule has 0 bridgehead atoms. The van der Waals surface area contributed by atoms with Crippen molar-refractivity contribution in [3.05, 3.63) is 132 Å². The van der Waals surface area contributed by atoms with Gasteiger partial charge in [-0.2, -0.15) is 0 Å². The van der Waals surface area contributed by atoms with Gasteiger partial charge in [0, 0.05) is 42.9 Å². The first kappa shape index (κ1) is 31.6. The van der Waals surface area contributed by atoms with E-state index < -0.39 is 17.9 Å². The van der Waals surface area contributed by atoms with Gasteiger partial charge in [-0.3, -0.25) is 9.59 Å². The summed E-state index contributed by atoms with van der Waals surface area (Å²) < 4.78 is 13.8. The van der Waals surface area contributed by atoms with Crippen LogP contribution in [0.15, 0.2) is 110 Å². The molecule has 2 atom stereocenters. The molecule has 0 saturated carbocycles. The van der Waals surface area contributed by atoms with Crippen molar-refractivity contribution in [1.82, 2.24) is 20.2 Å². The van der Waals surface area contributed by atoms with Gasteiger partial charge in [0.15, 0.2) is 0 Å². The van der Waals surface area contributed by atoms with Gasteiger partial charge in [0.05, 0.1) is 30.3 Å². The summed E-state index contributed by atoms with van der Waals surface area (Å²) in [5.41, 5.74) is 12.2. The average molecular weight is 630 g/mol. The lowest BCUT2D eigenvalue weighted by atomic mass is 9.96. The lowest BCUT2D eigenvalue weighted by Gasteiger charge is -2.28. The van der Waals surface area contributed by atoms with Gasteiger partial charge in [0.25, 0.3) is 5.91 Å². The van der Waals surface area contributed by atoms with Crippen LogP contribution in [0.25, 0.3) is 16.8 Å². The van der Waals surface area contributed by atoms with Crippen LogP contribution >= 0.6 is 0 Å². The number of benzene rings is 4. The zero-order chi connectivity index (χ0) is 32.8. The van der Waals surface area contributed by atoms with Gasteiger partial charge in [-0.05, 0) is 60.9 Å². The summed E-state index contributed by atoms with van der Waals surface area (Å²) in [5.74, 6) is 0.222.